The van der Waals surface area contributed by atoms with Crippen LogP contribution in [0.4, 0.5) is 0 Å². The van der Waals surface area contributed by atoms with Crippen molar-refractivity contribution < 1.29 is 19.3 Å². The molecule has 0 saturated carbocycles. The number of nitrogens with zero attached hydrogens (tertiary/aromatic N) is 1. The molecule has 2 heterocycles. The van der Waals surface area contributed by atoms with Crippen LogP contribution in [-0.2, 0) is 26.0 Å². The Morgan fingerprint density at radius 2 is 1.78 bits per heavy atom. The highest BCUT2D eigenvalue weighted by Gasteiger charge is 2.38. The van der Waals surface area contributed by atoms with E-state index in [0.29, 0.717) is 11.8 Å². The van der Waals surface area contributed by atoms with Gasteiger partial charge in [-0.15, -0.1) is 0 Å². The fourth-order valence-corrected chi connectivity index (χ4v) is 4.73. The summed E-state index contributed by atoms with van der Waals surface area (Å²) in [6, 6.07) is 9.01. The molecule has 0 radical (unpaired) electrons. The average molecular weight is 369 g/mol. The summed E-state index contributed by atoms with van der Waals surface area (Å²) in [6.45, 7) is 3.06. The molecule has 2 aliphatic heterocycles. The van der Waals surface area contributed by atoms with Crippen molar-refractivity contribution in [3.05, 3.63) is 52.1 Å². The molecule has 0 amide bonds. The molecule has 0 bridgehead atoms. The number of benzene rings is 2. The summed E-state index contributed by atoms with van der Waals surface area (Å²) in [5, 5.41) is 10.0. The van der Waals surface area contributed by atoms with Crippen molar-refractivity contribution in [3.63, 3.8) is 0 Å². The molecule has 5 nitrogen and oxygen atoms in total. The highest BCUT2D eigenvalue weighted by atomic mass is 16.5. The molecule has 0 saturated heterocycles. The Balaban J connectivity index is 1.84. The number of aliphatic hydroxyl groups is 1. The second-order valence-electron chi connectivity index (χ2n) is 7.39. The number of aliphatic hydroxyl groups excluding tert-OH is 1. The lowest BCUT2D eigenvalue weighted by molar-refractivity contribution is 0.103. The number of ether oxygens (including phenoxy) is 3. The first kappa shape index (κ1) is 18.1. The lowest BCUT2D eigenvalue weighted by Gasteiger charge is -2.46. The number of hydrogen-bond donors (Lipinski definition) is 1. The molecule has 2 atom stereocenters. The van der Waals surface area contributed by atoms with E-state index in [0.717, 1.165) is 42.0 Å². The largest absolute Gasteiger partial charge is 0.497 e. The molecule has 2 aliphatic rings. The lowest BCUT2D eigenvalue weighted by atomic mass is 9.80. The molecule has 0 spiro atoms. The number of hydrogen-bond acceptors (Lipinski definition) is 5. The zero-order valence-corrected chi connectivity index (χ0v) is 16.4. The average Bonchev–Trinajstić information content (AvgIpc) is 2.70. The van der Waals surface area contributed by atoms with E-state index in [9.17, 15) is 5.11 Å². The quantitative estimate of drug-likeness (QED) is 0.897. The van der Waals surface area contributed by atoms with Crippen molar-refractivity contribution in [1.29, 1.82) is 0 Å². The first-order valence-corrected chi connectivity index (χ1v) is 9.40. The normalized spacial score (nSPS) is 21.1. The molecule has 2 aromatic carbocycles. The fourth-order valence-electron chi connectivity index (χ4n) is 4.73. The molecule has 2 aromatic rings. The van der Waals surface area contributed by atoms with Crippen molar-refractivity contribution >= 4 is 0 Å². The van der Waals surface area contributed by atoms with Crippen molar-refractivity contribution in [2.75, 3.05) is 21.3 Å². The summed E-state index contributed by atoms with van der Waals surface area (Å²) in [4.78, 5) is 2.55. The van der Waals surface area contributed by atoms with Gasteiger partial charge >= 0.3 is 0 Å². The SMILES string of the molecule is COc1ccc2c(c1)C[C@H](C)N1Cc3c(OC)cc(OC)c(CO)c3C[C@@H]21. The van der Waals surface area contributed by atoms with Gasteiger partial charge in [-0.1, -0.05) is 6.07 Å². The second kappa shape index (κ2) is 7.06. The number of methoxy groups -OCH3 is 3. The minimum absolute atomic E-state index is 0.0345. The molecular formula is C22H27NO4. The third-order valence-electron chi connectivity index (χ3n) is 6.11. The summed E-state index contributed by atoms with van der Waals surface area (Å²) in [6.07, 6.45) is 1.84. The zero-order chi connectivity index (χ0) is 19.1. The van der Waals surface area contributed by atoms with Gasteiger partial charge in [-0.25, -0.2) is 0 Å². The Bertz CT molecular complexity index is 864. The van der Waals surface area contributed by atoms with Gasteiger partial charge in [0, 0.05) is 35.8 Å². The Hall–Kier alpha value is -2.24. The zero-order valence-electron chi connectivity index (χ0n) is 16.4. The standard InChI is InChI=1S/C22H27NO4/c1-13-7-14-8-15(25-2)5-6-16(14)20-9-17-18(11-23(13)20)21(26-3)10-22(27-4)19(17)12-24/h5-6,8,10,13,20,24H,7,9,11-12H2,1-4H3/t13-,20-/m0/s1. The van der Waals surface area contributed by atoms with E-state index in [1.807, 2.05) is 12.1 Å². The Kier molecular flexibility index (Phi) is 4.74. The van der Waals surface area contributed by atoms with Crippen LogP contribution in [0.1, 0.15) is 40.8 Å². The highest BCUT2D eigenvalue weighted by Crippen LogP contribution is 2.46. The van der Waals surface area contributed by atoms with Gasteiger partial charge in [-0.05, 0) is 48.6 Å². The summed E-state index contributed by atoms with van der Waals surface area (Å²) >= 11 is 0. The smallest absolute Gasteiger partial charge is 0.128 e. The molecule has 5 heteroatoms. The van der Waals surface area contributed by atoms with Gasteiger partial charge in [0.25, 0.3) is 0 Å². The van der Waals surface area contributed by atoms with E-state index >= 15 is 0 Å². The molecule has 144 valence electrons. The van der Waals surface area contributed by atoms with Crippen LogP contribution in [0.25, 0.3) is 0 Å². The van der Waals surface area contributed by atoms with E-state index < -0.39 is 0 Å². The summed E-state index contributed by atoms with van der Waals surface area (Å²) in [5.74, 6) is 2.44. The Morgan fingerprint density at radius 3 is 2.44 bits per heavy atom. The van der Waals surface area contributed by atoms with Crippen molar-refractivity contribution in [3.8, 4) is 17.2 Å². The Labute approximate surface area is 160 Å². The minimum atomic E-state index is -0.0345. The molecule has 1 N–H and O–H groups in total. The lowest BCUT2D eigenvalue weighted by Crippen LogP contribution is -2.45. The molecule has 0 aromatic heterocycles. The molecule has 0 unspecified atom stereocenters. The van der Waals surface area contributed by atoms with Crippen LogP contribution in [-0.4, -0.2) is 37.4 Å². The van der Waals surface area contributed by atoms with E-state index in [-0.39, 0.29) is 12.6 Å². The predicted molar refractivity (Wildman–Crippen MR) is 104 cm³/mol. The van der Waals surface area contributed by atoms with Gasteiger partial charge in [0.15, 0.2) is 0 Å². The van der Waals surface area contributed by atoms with Crippen LogP contribution in [0.5, 0.6) is 17.2 Å². The number of fused-ring (bicyclic) bond motifs is 4. The van der Waals surface area contributed by atoms with Crippen molar-refractivity contribution in [2.24, 2.45) is 0 Å². The van der Waals surface area contributed by atoms with Gasteiger partial charge in [-0.3, -0.25) is 4.90 Å². The fraction of sp³-hybridized carbons (Fsp3) is 0.455. The molecular weight excluding hydrogens is 342 g/mol. The van der Waals surface area contributed by atoms with Crippen LogP contribution in [0.2, 0.25) is 0 Å². The maximum atomic E-state index is 10.0. The van der Waals surface area contributed by atoms with Crippen LogP contribution in [0.15, 0.2) is 24.3 Å². The third kappa shape index (κ3) is 2.86. The summed E-state index contributed by atoms with van der Waals surface area (Å²) in [7, 11) is 5.05. The van der Waals surface area contributed by atoms with E-state index in [1.165, 1.54) is 16.7 Å². The summed E-state index contributed by atoms with van der Waals surface area (Å²) in [5.41, 5.74) is 5.91. The minimum Gasteiger partial charge on any atom is -0.497 e. The van der Waals surface area contributed by atoms with Gasteiger partial charge < -0.3 is 19.3 Å². The highest BCUT2D eigenvalue weighted by molar-refractivity contribution is 5.55. The van der Waals surface area contributed by atoms with Gasteiger partial charge in [-0.2, -0.15) is 0 Å². The van der Waals surface area contributed by atoms with E-state index in [4.69, 9.17) is 14.2 Å². The van der Waals surface area contributed by atoms with Crippen LogP contribution < -0.4 is 14.2 Å². The van der Waals surface area contributed by atoms with Crippen LogP contribution >= 0.6 is 0 Å². The van der Waals surface area contributed by atoms with Gasteiger partial charge in [0.2, 0.25) is 0 Å². The maximum Gasteiger partial charge on any atom is 0.128 e. The van der Waals surface area contributed by atoms with Crippen molar-refractivity contribution in [1.82, 2.24) is 4.90 Å². The molecule has 27 heavy (non-hydrogen) atoms. The topological polar surface area (TPSA) is 51.2 Å². The van der Waals surface area contributed by atoms with E-state index in [1.54, 1.807) is 21.3 Å². The van der Waals surface area contributed by atoms with Crippen LogP contribution in [0.3, 0.4) is 0 Å². The van der Waals surface area contributed by atoms with Gasteiger partial charge in [0.05, 0.1) is 27.9 Å². The number of rotatable bonds is 4. The Morgan fingerprint density at radius 1 is 1.00 bits per heavy atom. The summed E-state index contributed by atoms with van der Waals surface area (Å²) < 4.78 is 16.6. The second-order valence-corrected chi connectivity index (χ2v) is 7.39. The monoisotopic (exact) mass is 369 g/mol. The first-order valence-electron chi connectivity index (χ1n) is 9.40. The molecule has 0 fully saturated rings. The molecule has 4 rings (SSSR count). The van der Waals surface area contributed by atoms with Gasteiger partial charge in [0.1, 0.15) is 17.2 Å². The first-order chi connectivity index (χ1) is 13.1. The van der Waals surface area contributed by atoms with Crippen LogP contribution in [0, 0.1) is 0 Å². The molecule has 0 aliphatic carbocycles. The third-order valence-corrected chi connectivity index (χ3v) is 6.11. The van der Waals surface area contributed by atoms with E-state index in [2.05, 4.69) is 24.0 Å². The predicted octanol–water partition coefficient (Wildman–Crippen LogP) is 3.25. The maximum absolute atomic E-state index is 10.0. The van der Waals surface area contributed by atoms with Crippen molar-refractivity contribution in [2.45, 2.75) is 45.0 Å².